The van der Waals surface area contributed by atoms with Gasteiger partial charge in [0.2, 0.25) is 0 Å². The van der Waals surface area contributed by atoms with E-state index in [-0.39, 0.29) is 30.6 Å². The molecule has 0 bridgehead atoms. The SMILES string of the molecule is COC(=O)CCCN(C(=O)OC(C)C)c1cc(Br)ccc1C(=O)OC. The number of anilines is 1. The third kappa shape index (κ3) is 6.38. The van der Waals surface area contributed by atoms with Crippen LogP contribution in [0, 0.1) is 0 Å². The molecule has 0 aliphatic heterocycles. The number of hydrogen-bond acceptors (Lipinski definition) is 6. The predicted molar refractivity (Wildman–Crippen MR) is 95.7 cm³/mol. The lowest BCUT2D eigenvalue weighted by molar-refractivity contribution is -0.140. The fourth-order valence-corrected chi connectivity index (χ4v) is 2.42. The van der Waals surface area contributed by atoms with Crippen LogP contribution in [0.3, 0.4) is 0 Å². The van der Waals surface area contributed by atoms with Crippen LogP contribution >= 0.6 is 15.9 Å². The van der Waals surface area contributed by atoms with Crippen molar-refractivity contribution in [2.24, 2.45) is 0 Å². The first-order valence-electron chi connectivity index (χ1n) is 7.73. The molecule has 0 spiro atoms. The summed E-state index contributed by atoms with van der Waals surface area (Å²) < 4.78 is 15.3. The number of halogens is 1. The van der Waals surface area contributed by atoms with E-state index in [2.05, 4.69) is 20.7 Å². The summed E-state index contributed by atoms with van der Waals surface area (Å²) in [6, 6.07) is 4.86. The Hall–Kier alpha value is -2.09. The molecule has 0 aromatic heterocycles. The highest BCUT2D eigenvalue weighted by Crippen LogP contribution is 2.27. The first-order chi connectivity index (χ1) is 11.8. The van der Waals surface area contributed by atoms with Gasteiger partial charge in [0.1, 0.15) is 0 Å². The zero-order valence-electron chi connectivity index (χ0n) is 14.7. The third-order valence-electron chi connectivity index (χ3n) is 3.20. The lowest BCUT2D eigenvalue weighted by atomic mass is 10.1. The zero-order valence-corrected chi connectivity index (χ0v) is 16.3. The monoisotopic (exact) mass is 415 g/mol. The second-order valence-corrected chi connectivity index (χ2v) is 6.33. The molecule has 25 heavy (non-hydrogen) atoms. The predicted octanol–water partition coefficient (Wildman–Crippen LogP) is 3.54. The maximum atomic E-state index is 12.5. The van der Waals surface area contributed by atoms with Crippen molar-refractivity contribution in [3.8, 4) is 0 Å². The molecule has 1 rings (SSSR count). The van der Waals surface area contributed by atoms with Gasteiger partial charge in [-0.2, -0.15) is 0 Å². The number of ether oxygens (including phenoxy) is 3. The Morgan fingerprint density at radius 2 is 1.84 bits per heavy atom. The summed E-state index contributed by atoms with van der Waals surface area (Å²) in [5, 5.41) is 0. The molecule has 0 saturated carbocycles. The molecular weight excluding hydrogens is 394 g/mol. The smallest absolute Gasteiger partial charge is 0.414 e. The average molecular weight is 416 g/mol. The summed E-state index contributed by atoms with van der Waals surface area (Å²) in [6.07, 6.45) is -0.441. The lowest BCUT2D eigenvalue weighted by Crippen LogP contribution is -2.35. The minimum Gasteiger partial charge on any atom is -0.469 e. The molecule has 8 heteroatoms. The van der Waals surface area contributed by atoms with Gasteiger partial charge in [0.25, 0.3) is 0 Å². The van der Waals surface area contributed by atoms with E-state index in [1.54, 1.807) is 32.0 Å². The number of rotatable bonds is 7. The van der Waals surface area contributed by atoms with Crippen molar-refractivity contribution in [2.75, 3.05) is 25.7 Å². The number of hydrogen-bond donors (Lipinski definition) is 0. The van der Waals surface area contributed by atoms with Crippen molar-refractivity contribution in [3.63, 3.8) is 0 Å². The van der Waals surface area contributed by atoms with Crippen LogP contribution in [0.4, 0.5) is 10.5 Å². The summed E-state index contributed by atoms with van der Waals surface area (Å²) in [6.45, 7) is 3.64. The first-order valence-corrected chi connectivity index (χ1v) is 8.52. The second kappa shape index (κ2) is 10.0. The van der Waals surface area contributed by atoms with Crippen LogP contribution in [-0.2, 0) is 19.0 Å². The minimum atomic E-state index is -0.608. The van der Waals surface area contributed by atoms with E-state index in [4.69, 9.17) is 9.47 Å². The Kier molecular flexibility index (Phi) is 8.40. The highest BCUT2D eigenvalue weighted by Gasteiger charge is 2.24. The highest BCUT2D eigenvalue weighted by molar-refractivity contribution is 9.10. The minimum absolute atomic E-state index is 0.142. The average Bonchev–Trinajstić information content (AvgIpc) is 2.56. The zero-order chi connectivity index (χ0) is 19.0. The quantitative estimate of drug-likeness (QED) is 0.500. The number of benzene rings is 1. The molecule has 1 amide bonds. The molecule has 0 fully saturated rings. The van der Waals surface area contributed by atoms with Gasteiger partial charge in [0.15, 0.2) is 0 Å². The molecule has 0 heterocycles. The van der Waals surface area contributed by atoms with Gasteiger partial charge >= 0.3 is 18.0 Å². The fraction of sp³-hybridized carbons (Fsp3) is 0.471. The Labute approximate surface area is 155 Å². The van der Waals surface area contributed by atoms with Gasteiger partial charge in [-0.05, 0) is 38.5 Å². The number of amides is 1. The molecule has 1 aromatic carbocycles. The van der Waals surface area contributed by atoms with E-state index < -0.39 is 12.1 Å². The molecule has 7 nitrogen and oxygen atoms in total. The van der Waals surface area contributed by atoms with Gasteiger partial charge in [-0.3, -0.25) is 9.69 Å². The number of nitrogens with zero attached hydrogens (tertiary/aromatic N) is 1. The van der Waals surface area contributed by atoms with Crippen LogP contribution in [0.15, 0.2) is 22.7 Å². The van der Waals surface area contributed by atoms with Crippen molar-refractivity contribution in [1.82, 2.24) is 0 Å². The van der Waals surface area contributed by atoms with E-state index in [0.29, 0.717) is 16.6 Å². The number of carbonyl (C=O) groups excluding carboxylic acids is 3. The molecule has 0 radical (unpaired) electrons. The number of methoxy groups -OCH3 is 2. The molecule has 1 aromatic rings. The van der Waals surface area contributed by atoms with Gasteiger partial charge in [-0.15, -0.1) is 0 Å². The number of esters is 2. The van der Waals surface area contributed by atoms with Gasteiger partial charge in [-0.25, -0.2) is 9.59 Å². The Morgan fingerprint density at radius 3 is 2.40 bits per heavy atom. The highest BCUT2D eigenvalue weighted by atomic mass is 79.9. The van der Waals surface area contributed by atoms with E-state index in [1.165, 1.54) is 19.1 Å². The standard InChI is InChI=1S/C17H22BrNO6/c1-11(2)25-17(22)19(9-5-6-15(20)23-3)14-10-12(18)7-8-13(14)16(21)24-4/h7-8,10-11H,5-6,9H2,1-4H3. The van der Waals surface area contributed by atoms with Gasteiger partial charge in [0, 0.05) is 17.4 Å². The Bertz CT molecular complexity index is 632. The van der Waals surface area contributed by atoms with Gasteiger partial charge in [-0.1, -0.05) is 15.9 Å². The number of carbonyl (C=O) groups is 3. The summed E-state index contributed by atoms with van der Waals surface area (Å²) in [5.74, 6) is -0.947. The third-order valence-corrected chi connectivity index (χ3v) is 3.70. The van der Waals surface area contributed by atoms with Crippen molar-refractivity contribution < 1.29 is 28.6 Å². The summed E-state index contributed by atoms with van der Waals surface area (Å²) in [4.78, 5) is 37.2. The molecule has 0 aliphatic rings. The lowest BCUT2D eigenvalue weighted by Gasteiger charge is -2.25. The first kappa shape index (κ1) is 21.0. The van der Waals surface area contributed by atoms with Crippen LogP contribution in [-0.4, -0.2) is 44.9 Å². The summed E-state index contributed by atoms with van der Waals surface area (Å²) in [5.41, 5.74) is 0.571. The van der Waals surface area contributed by atoms with Crippen LogP contribution in [0.5, 0.6) is 0 Å². The Balaban J connectivity index is 3.17. The van der Waals surface area contributed by atoms with Crippen molar-refractivity contribution in [2.45, 2.75) is 32.8 Å². The van der Waals surface area contributed by atoms with E-state index in [1.807, 2.05) is 0 Å². The molecular formula is C17H22BrNO6. The molecule has 0 unspecified atom stereocenters. The van der Waals surface area contributed by atoms with E-state index >= 15 is 0 Å². The molecule has 138 valence electrons. The fourth-order valence-electron chi connectivity index (χ4n) is 2.07. The largest absolute Gasteiger partial charge is 0.469 e. The van der Waals surface area contributed by atoms with Gasteiger partial charge < -0.3 is 14.2 Å². The van der Waals surface area contributed by atoms with Crippen LogP contribution in [0.2, 0.25) is 0 Å². The molecule has 0 atom stereocenters. The van der Waals surface area contributed by atoms with Crippen LogP contribution in [0.1, 0.15) is 37.0 Å². The summed E-state index contributed by atoms with van der Waals surface area (Å²) in [7, 11) is 2.57. The van der Waals surface area contributed by atoms with Crippen molar-refractivity contribution >= 4 is 39.6 Å². The van der Waals surface area contributed by atoms with E-state index in [0.717, 1.165) is 0 Å². The topological polar surface area (TPSA) is 82.1 Å². The van der Waals surface area contributed by atoms with Crippen LogP contribution < -0.4 is 4.90 Å². The molecule has 0 aliphatic carbocycles. The summed E-state index contributed by atoms with van der Waals surface area (Å²) >= 11 is 3.33. The van der Waals surface area contributed by atoms with Gasteiger partial charge in [0.05, 0.1) is 31.6 Å². The molecule has 0 N–H and O–H groups in total. The normalized spacial score (nSPS) is 10.3. The maximum absolute atomic E-state index is 12.5. The van der Waals surface area contributed by atoms with E-state index in [9.17, 15) is 14.4 Å². The van der Waals surface area contributed by atoms with Crippen LogP contribution in [0.25, 0.3) is 0 Å². The second-order valence-electron chi connectivity index (χ2n) is 5.42. The maximum Gasteiger partial charge on any atom is 0.414 e. The Morgan fingerprint density at radius 1 is 1.16 bits per heavy atom. The van der Waals surface area contributed by atoms with Crippen molar-refractivity contribution in [3.05, 3.63) is 28.2 Å². The van der Waals surface area contributed by atoms with Crippen molar-refractivity contribution in [1.29, 1.82) is 0 Å². The molecule has 0 saturated heterocycles.